The lowest BCUT2D eigenvalue weighted by atomic mass is 9.92. The second-order valence-electron chi connectivity index (χ2n) is 13.0. The van der Waals surface area contributed by atoms with Crippen molar-refractivity contribution in [3.63, 3.8) is 0 Å². The van der Waals surface area contributed by atoms with Crippen LogP contribution in [0.25, 0.3) is 93.5 Å². The highest BCUT2D eigenvalue weighted by Gasteiger charge is 2.14. The Morgan fingerprint density at radius 2 is 1.26 bits per heavy atom. The highest BCUT2D eigenvalue weighted by Crippen LogP contribution is 2.39. The Bertz CT molecular complexity index is 2800. The van der Waals surface area contributed by atoms with Gasteiger partial charge in [-0.05, 0) is 129 Å². The third-order valence-corrected chi connectivity index (χ3v) is 9.87. The van der Waals surface area contributed by atoms with Crippen molar-refractivity contribution >= 4 is 60.1 Å². The zero-order valence-corrected chi connectivity index (χ0v) is 28.2. The summed E-state index contributed by atoms with van der Waals surface area (Å²) in [6.07, 6.45) is 7.66. The number of hydrogen-bond acceptors (Lipinski definition) is 2. The standard InChI is InChI=1S/C48H35NO/c1-3-5-13-31(4-2)35-25-36(32-14-7-6-8-15-32)27-37(26-35)33-21-23-45-38(24-33)28-44-40-17-10-9-16-39(40)43(30-46(44)49-45)34-20-22-42-41-18-11-12-19-47(41)50-48(42)29-34/h4-30H,3H2,1-2H3/b13-5-,31-4+. The first-order chi connectivity index (χ1) is 24.7. The lowest BCUT2D eigenvalue weighted by Crippen LogP contribution is -1.90. The minimum Gasteiger partial charge on any atom is -0.456 e. The molecule has 0 aliphatic carbocycles. The van der Waals surface area contributed by atoms with Gasteiger partial charge in [0.1, 0.15) is 11.2 Å². The molecule has 0 spiro atoms. The number of nitrogens with zero attached hydrogens (tertiary/aromatic N) is 1. The second kappa shape index (κ2) is 12.3. The van der Waals surface area contributed by atoms with Gasteiger partial charge in [-0.15, -0.1) is 0 Å². The van der Waals surface area contributed by atoms with Gasteiger partial charge in [-0.2, -0.15) is 0 Å². The first-order valence-electron chi connectivity index (χ1n) is 17.4. The molecule has 7 aromatic carbocycles. The first-order valence-corrected chi connectivity index (χ1v) is 17.4. The van der Waals surface area contributed by atoms with Crippen molar-refractivity contribution in [3.8, 4) is 33.4 Å². The van der Waals surface area contributed by atoms with Gasteiger partial charge in [-0.1, -0.05) is 110 Å². The fraction of sp³-hybridized carbons (Fsp3) is 0.0625. The van der Waals surface area contributed by atoms with Crippen LogP contribution in [0.1, 0.15) is 25.8 Å². The molecule has 50 heavy (non-hydrogen) atoms. The summed E-state index contributed by atoms with van der Waals surface area (Å²) in [5.41, 5.74) is 13.3. The van der Waals surface area contributed by atoms with Crippen LogP contribution in [-0.4, -0.2) is 4.98 Å². The number of benzene rings is 7. The van der Waals surface area contributed by atoms with Crippen molar-refractivity contribution in [1.82, 2.24) is 4.98 Å². The lowest BCUT2D eigenvalue weighted by Gasteiger charge is -2.14. The van der Waals surface area contributed by atoms with Gasteiger partial charge in [-0.3, -0.25) is 0 Å². The molecule has 0 unspecified atom stereocenters. The topological polar surface area (TPSA) is 26.0 Å². The van der Waals surface area contributed by atoms with E-state index in [0.29, 0.717) is 0 Å². The molecule has 9 rings (SSSR count). The molecular weight excluding hydrogens is 607 g/mol. The molecule has 2 heterocycles. The van der Waals surface area contributed by atoms with Gasteiger partial charge in [0.2, 0.25) is 0 Å². The van der Waals surface area contributed by atoms with Crippen LogP contribution in [-0.2, 0) is 0 Å². The fourth-order valence-corrected chi connectivity index (χ4v) is 7.36. The van der Waals surface area contributed by atoms with E-state index in [1.807, 2.05) is 12.1 Å². The number of fused-ring (bicyclic) bond motifs is 7. The van der Waals surface area contributed by atoms with Crippen molar-refractivity contribution in [2.75, 3.05) is 0 Å². The van der Waals surface area contributed by atoms with Crippen LogP contribution >= 0.6 is 0 Å². The van der Waals surface area contributed by atoms with Crippen LogP contribution < -0.4 is 0 Å². The summed E-state index contributed by atoms with van der Waals surface area (Å²) < 4.78 is 6.27. The molecule has 2 aromatic heterocycles. The minimum atomic E-state index is 0.898. The van der Waals surface area contributed by atoms with Crippen molar-refractivity contribution < 1.29 is 4.42 Å². The average Bonchev–Trinajstić information content (AvgIpc) is 3.55. The third-order valence-electron chi connectivity index (χ3n) is 9.87. The van der Waals surface area contributed by atoms with E-state index in [9.17, 15) is 0 Å². The number of rotatable bonds is 6. The van der Waals surface area contributed by atoms with Crippen LogP contribution in [0.4, 0.5) is 0 Å². The van der Waals surface area contributed by atoms with Gasteiger partial charge >= 0.3 is 0 Å². The fourth-order valence-electron chi connectivity index (χ4n) is 7.36. The maximum atomic E-state index is 6.27. The Morgan fingerprint density at radius 3 is 2.08 bits per heavy atom. The van der Waals surface area contributed by atoms with Crippen LogP contribution in [0.3, 0.4) is 0 Å². The zero-order chi connectivity index (χ0) is 33.6. The summed E-state index contributed by atoms with van der Waals surface area (Å²) in [6, 6.07) is 52.3. The summed E-state index contributed by atoms with van der Waals surface area (Å²) in [5, 5.41) is 6.95. The zero-order valence-electron chi connectivity index (χ0n) is 28.2. The number of hydrogen-bond donors (Lipinski definition) is 0. The molecule has 0 atom stereocenters. The minimum absolute atomic E-state index is 0.898. The Balaban J connectivity index is 1.20. The molecule has 0 aliphatic heterocycles. The molecule has 0 radical (unpaired) electrons. The van der Waals surface area contributed by atoms with E-state index in [4.69, 9.17) is 9.40 Å². The molecule has 9 aromatic rings. The van der Waals surface area contributed by atoms with Gasteiger partial charge < -0.3 is 4.42 Å². The highest BCUT2D eigenvalue weighted by molar-refractivity contribution is 6.16. The molecule has 0 N–H and O–H groups in total. The van der Waals surface area contributed by atoms with Gasteiger partial charge in [-0.25, -0.2) is 4.98 Å². The van der Waals surface area contributed by atoms with Gasteiger partial charge in [0.05, 0.1) is 11.0 Å². The summed E-state index contributed by atoms with van der Waals surface area (Å²) in [4.78, 5) is 5.26. The highest BCUT2D eigenvalue weighted by atomic mass is 16.3. The largest absolute Gasteiger partial charge is 0.456 e. The molecule has 0 amide bonds. The maximum Gasteiger partial charge on any atom is 0.136 e. The molecule has 0 fully saturated rings. The number of pyridine rings is 1. The molecular formula is C48H35NO. The van der Waals surface area contributed by atoms with Crippen molar-refractivity contribution in [2.45, 2.75) is 20.3 Å². The normalized spacial score (nSPS) is 12.3. The van der Waals surface area contributed by atoms with E-state index in [1.165, 1.54) is 44.2 Å². The summed E-state index contributed by atoms with van der Waals surface area (Å²) in [5.74, 6) is 0. The van der Waals surface area contributed by atoms with E-state index in [-0.39, 0.29) is 0 Å². The number of furan rings is 1. The predicted molar refractivity (Wildman–Crippen MR) is 213 cm³/mol. The van der Waals surface area contributed by atoms with Crippen LogP contribution in [0.5, 0.6) is 0 Å². The van der Waals surface area contributed by atoms with Crippen molar-refractivity contribution in [2.24, 2.45) is 0 Å². The third kappa shape index (κ3) is 5.17. The van der Waals surface area contributed by atoms with E-state index in [0.717, 1.165) is 61.3 Å². The summed E-state index contributed by atoms with van der Waals surface area (Å²) in [7, 11) is 0. The smallest absolute Gasteiger partial charge is 0.136 e. The first kappa shape index (κ1) is 29.9. The predicted octanol–water partition coefficient (Wildman–Crippen LogP) is 13.8. The van der Waals surface area contributed by atoms with Crippen molar-refractivity contribution in [1.29, 1.82) is 0 Å². The Labute approximate surface area is 291 Å². The van der Waals surface area contributed by atoms with Crippen LogP contribution in [0.2, 0.25) is 0 Å². The molecule has 2 nitrogen and oxygen atoms in total. The molecule has 0 saturated heterocycles. The molecule has 0 bridgehead atoms. The van der Waals surface area contributed by atoms with Crippen LogP contribution in [0.15, 0.2) is 168 Å². The number of allylic oxidation sites excluding steroid dienone is 4. The number of para-hydroxylation sites is 1. The molecule has 0 saturated carbocycles. The van der Waals surface area contributed by atoms with E-state index >= 15 is 0 Å². The summed E-state index contributed by atoms with van der Waals surface area (Å²) >= 11 is 0. The lowest BCUT2D eigenvalue weighted by molar-refractivity contribution is 0.669. The SMILES string of the molecule is C/C=C(\C=C/CC)c1cc(-c2ccccc2)cc(-c2ccc3nc4cc(-c5ccc6c(c5)oc5ccccc56)c5ccccc5c4cc3c2)c1. The molecule has 0 aliphatic rings. The van der Waals surface area contributed by atoms with E-state index < -0.39 is 0 Å². The second-order valence-corrected chi connectivity index (χ2v) is 13.0. The monoisotopic (exact) mass is 641 g/mol. The summed E-state index contributed by atoms with van der Waals surface area (Å²) in [6.45, 7) is 4.29. The van der Waals surface area contributed by atoms with Gasteiger partial charge in [0.25, 0.3) is 0 Å². The van der Waals surface area contributed by atoms with Crippen LogP contribution in [0, 0.1) is 0 Å². The maximum absolute atomic E-state index is 6.27. The Morgan fingerprint density at radius 1 is 0.540 bits per heavy atom. The van der Waals surface area contributed by atoms with E-state index in [1.54, 1.807) is 0 Å². The van der Waals surface area contributed by atoms with E-state index in [2.05, 4.69) is 166 Å². The molecule has 2 heteroatoms. The average molecular weight is 642 g/mol. The van der Waals surface area contributed by atoms with Gasteiger partial charge in [0.15, 0.2) is 0 Å². The number of aromatic nitrogens is 1. The van der Waals surface area contributed by atoms with Gasteiger partial charge in [0, 0.05) is 21.5 Å². The Hall–Kier alpha value is -6.25. The quantitative estimate of drug-likeness (QED) is 0.103. The van der Waals surface area contributed by atoms with Crippen molar-refractivity contribution in [3.05, 3.63) is 169 Å². The molecule has 238 valence electrons. The Kier molecular flexibility index (Phi) is 7.36.